The first-order valence-corrected chi connectivity index (χ1v) is 7.69. The van der Waals surface area contributed by atoms with Gasteiger partial charge in [-0.15, -0.1) is 11.6 Å². The van der Waals surface area contributed by atoms with Crippen LogP contribution in [0.5, 0.6) is 0 Å². The second-order valence-corrected chi connectivity index (χ2v) is 6.09. The molecular weight excluding hydrogens is 266 g/mol. The number of halogens is 1. The second kappa shape index (κ2) is 5.88. The summed E-state index contributed by atoms with van der Waals surface area (Å²) in [5, 5.41) is 0.0334. The smallest absolute Gasteiger partial charge is 0.0760 e. The Morgan fingerprint density at radius 3 is 2.60 bits per heavy atom. The van der Waals surface area contributed by atoms with Gasteiger partial charge in [0.15, 0.2) is 0 Å². The van der Waals surface area contributed by atoms with Crippen molar-refractivity contribution in [3.8, 4) is 0 Å². The van der Waals surface area contributed by atoms with Gasteiger partial charge < -0.3 is 4.90 Å². The Morgan fingerprint density at radius 1 is 1.05 bits per heavy atom. The Balaban J connectivity index is 1.71. The average Bonchev–Trinajstić information content (AvgIpc) is 2.95. The minimum Gasteiger partial charge on any atom is -0.373 e. The molecule has 1 aliphatic rings. The highest BCUT2D eigenvalue weighted by Gasteiger charge is 2.16. The predicted molar refractivity (Wildman–Crippen MR) is 86.8 cm³/mol. The van der Waals surface area contributed by atoms with Crippen molar-refractivity contribution in [3.05, 3.63) is 65.2 Å². The van der Waals surface area contributed by atoms with E-state index in [0.29, 0.717) is 0 Å². The van der Waals surface area contributed by atoms with Gasteiger partial charge in [-0.1, -0.05) is 36.4 Å². The fourth-order valence-electron chi connectivity index (χ4n) is 2.92. The third-order valence-corrected chi connectivity index (χ3v) is 4.51. The zero-order chi connectivity index (χ0) is 13.9. The number of aryl methyl sites for hydroxylation is 2. The molecule has 0 radical (unpaired) electrons. The third-order valence-electron chi connectivity index (χ3n) is 4.12. The highest BCUT2D eigenvalue weighted by molar-refractivity contribution is 6.21. The van der Waals surface area contributed by atoms with E-state index in [1.807, 2.05) is 6.07 Å². The summed E-state index contributed by atoms with van der Waals surface area (Å²) in [6, 6.07) is 17.2. The quantitative estimate of drug-likeness (QED) is 0.743. The number of hydrogen-bond donors (Lipinski definition) is 0. The van der Waals surface area contributed by atoms with Gasteiger partial charge in [0, 0.05) is 19.3 Å². The zero-order valence-corrected chi connectivity index (χ0v) is 12.6. The van der Waals surface area contributed by atoms with Crippen LogP contribution >= 0.6 is 11.6 Å². The third kappa shape index (κ3) is 2.83. The van der Waals surface area contributed by atoms with Gasteiger partial charge >= 0.3 is 0 Å². The molecule has 104 valence electrons. The monoisotopic (exact) mass is 285 g/mol. The highest BCUT2D eigenvalue weighted by Crippen LogP contribution is 2.29. The number of anilines is 1. The molecule has 0 heterocycles. The number of benzene rings is 2. The lowest BCUT2D eigenvalue weighted by atomic mass is 10.0. The molecule has 1 nitrogen and oxygen atoms in total. The highest BCUT2D eigenvalue weighted by atomic mass is 35.5. The Morgan fingerprint density at radius 2 is 1.80 bits per heavy atom. The Bertz CT molecular complexity index is 579. The SMILES string of the molecule is CN(CC(Cl)c1ccc2c(c1)CCC2)c1ccccc1. The molecular formula is C18H20ClN. The number of nitrogens with zero attached hydrogens (tertiary/aromatic N) is 1. The van der Waals surface area contributed by atoms with Crippen molar-refractivity contribution in [1.29, 1.82) is 0 Å². The number of rotatable bonds is 4. The van der Waals surface area contributed by atoms with Crippen LogP contribution in [0.15, 0.2) is 48.5 Å². The molecule has 0 bridgehead atoms. The molecule has 20 heavy (non-hydrogen) atoms. The Labute approximate surface area is 126 Å². The summed E-state index contributed by atoms with van der Waals surface area (Å²) in [7, 11) is 2.10. The summed E-state index contributed by atoms with van der Waals surface area (Å²) < 4.78 is 0. The molecule has 0 saturated carbocycles. The fraction of sp³-hybridized carbons (Fsp3) is 0.333. The van der Waals surface area contributed by atoms with Gasteiger partial charge in [-0.3, -0.25) is 0 Å². The Kier molecular flexibility index (Phi) is 3.98. The molecule has 0 saturated heterocycles. The molecule has 2 aromatic rings. The van der Waals surface area contributed by atoms with E-state index >= 15 is 0 Å². The molecule has 0 aliphatic heterocycles. The van der Waals surface area contributed by atoms with Gasteiger partial charge in [0.1, 0.15) is 0 Å². The number of fused-ring (bicyclic) bond motifs is 1. The largest absolute Gasteiger partial charge is 0.373 e. The van der Waals surface area contributed by atoms with Crippen LogP contribution in [0, 0.1) is 0 Å². The summed E-state index contributed by atoms with van der Waals surface area (Å²) in [6.07, 6.45) is 3.73. The lowest BCUT2D eigenvalue weighted by molar-refractivity contribution is 0.849. The maximum atomic E-state index is 6.61. The Hall–Kier alpha value is -1.47. The molecule has 1 unspecified atom stereocenters. The van der Waals surface area contributed by atoms with Crippen molar-refractivity contribution in [2.75, 3.05) is 18.5 Å². The van der Waals surface area contributed by atoms with E-state index in [0.717, 1.165) is 6.54 Å². The van der Waals surface area contributed by atoms with Crippen LogP contribution < -0.4 is 4.90 Å². The van der Waals surface area contributed by atoms with Gasteiger partial charge in [0.25, 0.3) is 0 Å². The van der Waals surface area contributed by atoms with Crippen molar-refractivity contribution < 1.29 is 0 Å². The van der Waals surface area contributed by atoms with E-state index in [1.54, 1.807) is 0 Å². The van der Waals surface area contributed by atoms with Crippen LogP contribution in [0.3, 0.4) is 0 Å². The predicted octanol–water partition coefficient (Wildman–Crippen LogP) is 4.59. The molecule has 0 spiro atoms. The first kappa shape index (κ1) is 13.5. The van der Waals surface area contributed by atoms with E-state index in [1.165, 1.54) is 41.6 Å². The number of para-hydroxylation sites is 1. The lowest BCUT2D eigenvalue weighted by Crippen LogP contribution is -2.21. The summed E-state index contributed by atoms with van der Waals surface area (Å²) >= 11 is 6.61. The standard InChI is InChI=1S/C18H20ClN/c1-20(17-8-3-2-4-9-17)13-18(19)16-11-10-14-6-5-7-15(14)12-16/h2-4,8-12,18H,5-7,13H2,1H3. The van der Waals surface area contributed by atoms with E-state index in [9.17, 15) is 0 Å². The maximum absolute atomic E-state index is 6.61. The molecule has 3 rings (SSSR count). The molecule has 1 aliphatic carbocycles. The first-order valence-electron chi connectivity index (χ1n) is 7.26. The molecule has 0 aromatic heterocycles. The van der Waals surface area contributed by atoms with E-state index in [-0.39, 0.29) is 5.38 Å². The van der Waals surface area contributed by atoms with Crippen LogP contribution in [-0.2, 0) is 12.8 Å². The summed E-state index contributed by atoms with van der Waals surface area (Å²) in [5.74, 6) is 0. The van der Waals surface area contributed by atoms with Crippen LogP contribution in [0.2, 0.25) is 0 Å². The van der Waals surface area contributed by atoms with Crippen LogP contribution in [0.1, 0.15) is 28.5 Å². The summed E-state index contributed by atoms with van der Waals surface area (Å²) in [5.41, 5.74) is 5.46. The summed E-state index contributed by atoms with van der Waals surface area (Å²) in [6.45, 7) is 0.824. The molecule has 1 atom stereocenters. The average molecular weight is 286 g/mol. The summed E-state index contributed by atoms with van der Waals surface area (Å²) in [4.78, 5) is 2.21. The van der Waals surface area contributed by atoms with Crippen LogP contribution in [-0.4, -0.2) is 13.6 Å². The van der Waals surface area contributed by atoms with Crippen LogP contribution in [0.25, 0.3) is 0 Å². The van der Waals surface area contributed by atoms with E-state index < -0.39 is 0 Å². The molecule has 2 heteroatoms. The van der Waals surface area contributed by atoms with Crippen molar-refractivity contribution in [2.45, 2.75) is 24.6 Å². The normalized spacial score (nSPS) is 14.9. The molecule has 0 N–H and O–H groups in total. The molecule has 0 amide bonds. The second-order valence-electron chi connectivity index (χ2n) is 5.57. The number of hydrogen-bond acceptors (Lipinski definition) is 1. The van der Waals surface area contributed by atoms with Crippen LogP contribution in [0.4, 0.5) is 5.69 Å². The molecule has 0 fully saturated rings. The van der Waals surface area contributed by atoms with Gasteiger partial charge in [-0.05, 0) is 48.1 Å². The number of likely N-dealkylation sites (N-methyl/N-ethyl adjacent to an activating group) is 1. The van der Waals surface area contributed by atoms with E-state index in [2.05, 4.69) is 54.4 Å². The minimum absolute atomic E-state index is 0.0334. The van der Waals surface area contributed by atoms with Gasteiger partial charge in [0.05, 0.1) is 5.38 Å². The van der Waals surface area contributed by atoms with Gasteiger partial charge in [-0.25, -0.2) is 0 Å². The van der Waals surface area contributed by atoms with Gasteiger partial charge in [-0.2, -0.15) is 0 Å². The van der Waals surface area contributed by atoms with Crippen molar-refractivity contribution in [2.24, 2.45) is 0 Å². The fourth-order valence-corrected chi connectivity index (χ4v) is 3.26. The lowest BCUT2D eigenvalue weighted by Gasteiger charge is -2.23. The van der Waals surface area contributed by atoms with Crippen molar-refractivity contribution in [1.82, 2.24) is 0 Å². The first-order chi connectivity index (χ1) is 9.74. The van der Waals surface area contributed by atoms with Crippen molar-refractivity contribution >= 4 is 17.3 Å². The van der Waals surface area contributed by atoms with Crippen molar-refractivity contribution in [3.63, 3.8) is 0 Å². The zero-order valence-electron chi connectivity index (χ0n) is 11.8. The van der Waals surface area contributed by atoms with E-state index in [4.69, 9.17) is 11.6 Å². The maximum Gasteiger partial charge on any atom is 0.0760 e. The topological polar surface area (TPSA) is 3.24 Å². The minimum atomic E-state index is 0.0334. The molecule has 2 aromatic carbocycles. The number of alkyl halides is 1. The van der Waals surface area contributed by atoms with Gasteiger partial charge in [0.2, 0.25) is 0 Å².